The molecule has 2 aliphatic rings. The molecule has 1 aliphatic heterocycles. The van der Waals surface area contributed by atoms with Crippen LogP contribution >= 0.6 is 0 Å². The second kappa shape index (κ2) is 3.81. The van der Waals surface area contributed by atoms with Crippen molar-refractivity contribution in [3.63, 3.8) is 0 Å². The van der Waals surface area contributed by atoms with E-state index in [1.54, 1.807) is 0 Å². The molecule has 1 saturated heterocycles. The topological polar surface area (TPSA) is 46.2 Å². The van der Waals surface area contributed by atoms with Gasteiger partial charge in [-0.25, -0.2) is 8.42 Å². The molecule has 3 atom stereocenters. The average molecular weight is 217 g/mol. The quantitative estimate of drug-likeness (QED) is 0.749. The molecule has 4 heteroatoms. The van der Waals surface area contributed by atoms with E-state index in [2.05, 4.69) is 12.2 Å². The first-order valence-corrected chi connectivity index (χ1v) is 7.35. The van der Waals surface area contributed by atoms with Crippen LogP contribution in [-0.2, 0) is 9.84 Å². The minimum Gasteiger partial charge on any atom is -0.310 e. The minimum absolute atomic E-state index is 0.227. The molecular weight excluding hydrogens is 198 g/mol. The van der Waals surface area contributed by atoms with Gasteiger partial charge >= 0.3 is 0 Å². The van der Waals surface area contributed by atoms with Gasteiger partial charge in [0, 0.05) is 12.1 Å². The Morgan fingerprint density at radius 2 is 2.00 bits per heavy atom. The van der Waals surface area contributed by atoms with E-state index in [0.717, 1.165) is 12.3 Å². The number of hydrogen-bond acceptors (Lipinski definition) is 3. The summed E-state index contributed by atoms with van der Waals surface area (Å²) in [5.41, 5.74) is 0. The lowest BCUT2D eigenvalue weighted by Gasteiger charge is -2.21. The first-order chi connectivity index (χ1) is 6.57. The van der Waals surface area contributed by atoms with Gasteiger partial charge in [-0.3, -0.25) is 0 Å². The predicted molar refractivity (Wildman–Crippen MR) is 57.0 cm³/mol. The summed E-state index contributed by atoms with van der Waals surface area (Å²) >= 11 is 0. The van der Waals surface area contributed by atoms with Crippen LogP contribution in [0.25, 0.3) is 0 Å². The summed E-state index contributed by atoms with van der Waals surface area (Å²) in [6.07, 6.45) is 4.61. The third-order valence-electron chi connectivity index (χ3n) is 3.54. The highest BCUT2D eigenvalue weighted by molar-refractivity contribution is 7.91. The van der Waals surface area contributed by atoms with Crippen molar-refractivity contribution < 1.29 is 8.42 Å². The number of nitrogens with one attached hydrogen (secondary N) is 1. The van der Waals surface area contributed by atoms with Gasteiger partial charge in [0.1, 0.15) is 0 Å². The fourth-order valence-electron chi connectivity index (χ4n) is 2.62. The van der Waals surface area contributed by atoms with Crippen LogP contribution in [0.2, 0.25) is 0 Å². The third-order valence-corrected chi connectivity index (χ3v) is 5.31. The summed E-state index contributed by atoms with van der Waals surface area (Å²) in [5, 5.41) is 3.50. The molecule has 1 heterocycles. The molecule has 0 aromatic carbocycles. The summed E-state index contributed by atoms with van der Waals surface area (Å²) < 4.78 is 22.5. The van der Waals surface area contributed by atoms with Crippen LogP contribution in [0.3, 0.4) is 0 Å². The molecule has 14 heavy (non-hydrogen) atoms. The zero-order valence-electron chi connectivity index (χ0n) is 8.70. The molecule has 0 amide bonds. The Bertz CT molecular complexity index is 299. The van der Waals surface area contributed by atoms with Crippen molar-refractivity contribution in [3.05, 3.63) is 0 Å². The van der Waals surface area contributed by atoms with Crippen molar-refractivity contribution in [2.45, 2.75) is 44.7 Å². The van der Waals surface area contributed by atoms with Crippen molar-refractivity contribution >= 4 is 9.84 Å². The van der Waals surface area contributed by atoms with Gasteiger partial charge < -0.3 is 5.32 Å². The molecule has 0 unspecified atom stereocenters. The van der Waals surface area contributed by atoms with E-state index < -0.39 is 9.84 Å². The van der Waals surface area contributed by atoms with E-state index in [4.69, 9.17) is 0 Å². The number of sulfone groups is 1. The van der Waals surface area contributed by atoms with E-state index >= 15 is 0 Å². The first kappa shape index (κ1) is 10.4. The fourth-order valence-corrected chi connectivity index (χ4v) is 4.31. The van der Waals surface area contributed by atoms with Gasteiger partial charge in [0.15, 0.2) is 9.84 Å². The summed E-state index contributed by atoms with van der Waals surface area (Å²) in [6, 6.07) is 0.791. The second-order valence-electron chi connectivity index (χ2n) is 4.78. The van der Waals surface area contributed by atoms with Crippen LogP contribution in [0.1, 0.15) is 32.6 Å². The molecular formula is C10H19NO2S. The Hall–Kier alpha value is -0.0900. The monoisotopic (exact) mass is 217 g/mol. The molecule has 1 saturated carbocycles. The maximum Gasteiger partial charge on any atom is 0.151 e. The largest absolute Gasteiger partial charge is 0.310 e. The van der Waals surface area contributed by atoms with E-state index in [-0.39, 0.29) is 6.04 Å². The molecule has 1 N–H and O–H groups in total. The number of hydrogen-bond donors (Lipinski definition) is 1. The van der Waals surface area contributed by atoms with Gasteiger partial charge in [-0.05, 0) is 25.2 Å². The lowest BCUT2D eigenvalue weighted by atomic mass is 10.1. The Balaban J connectivity index is 1.87. The average Bonchev–Trinajstić information content (AvgIpc) is 2.61. The molecule has 2 fully saturated rings. The Kier molecular flexibility index (Phi) is 2.84. The van der Waals surface area contributed by atoms with E-state index in [0.29, 0.717) is 17.5 Å². The molecule has 3 nitrogen and oxygen atoms in total. The van der Waals surface area contributed by atoms with Crippen LogP contribution in [0, 0.1) is 5.92 Å². The van der Waals surface area contributed by atoms with E-state index in [1.807, 2.05) is 0 Å². The molecule has 0 aromatic heterocycles. The summed E-state index contributed by atoms with van der Waals surface area (Å²) in [4.78, 5) is 0. The molecule has 0 spiro atoms. The van der Waals surface area contributed by atoms with E-state index in [1.165, 1.54) is 19.3 Å². The van der Waals surface area contributed by atoms with E-state index in [9.17, 15) is 8.42 Å². The van der Waals surface area contributed by atoms with Crippen LogP contribution in [0.15, 0.2) is 0 Å². The second-order valence-corrected chi connectivity index (χ2v) is 7.01. The third kappa shape index (κ3) is 2.28. The lowest BCUT2D eigenvalue weighted by molar-refractivity contribution is 0.386. The standard InChI is InChI=1S/C10H19NO2S/c1-8-3-2-4-10(8)11-9-5-6-14(12,13)7-9/h8-11H,2-7H2,1H3/t8-,9+,10+/m1/s1. The SMILES string of the molecule is C[C@@H]1CCC[C@@H]1N[C@H]1CCS(=O)(=O)C1. The van der Waals surface area contributed by atoms with Gasteiger partial charge in [-0.15, -0.1) is 0 Å². The molecule has 82 valence electrons. The van der Waals surface area contributed by atoms with Crippen LogP contribution in [-0.4, -0.2) is 32.0 Å². The Labute approximate surface area is 86.2 Å². The van der Waals surface area contributed by atoms with Crippen LogP contribution < -0.4 is 5.32 Å². The molecule has 0 bridgehead atoms. The van der Waals surface area contributed by atoms with Gasteiger partial charge in [0.05, 0.1) is 11.5 Å². The van der Waals surface area contributed by atoms with Crippen molar-refractivity contribution in [1.29, 1.82) is 0 Å². The maximum atomic E-state index is 11.3. The molecule has 2 rings (SSSR count). The summed E-state index contributed by atoms with van der Waals surface area (Å²) in [7, 11) is -2.72. The van der Waals surface area contributed by atoms with Crippen molar-refractivity contribution in [1.82, 2.24) is 5.32 Å². The smallest absolute Gasteiger partial charge is 0.151 e. The zero-order chi connectivity index (χ0) is 10.2. The van der Waals surface area contributed by atoms with Gasteiger partial charge in [0.25, 0.3) is 0 Å². The maximum absolute atomic E-state index is 11.3. The highest BCUT2D eigenvalue weighted by Gasteiger charge is 2.32. The summed E-state index contributed by atoms with van der Waals surface area (Å²) in [6.45, 7) is 2.26. The van der Waals surface area contributed by atoms with Crippen LogP contribution in [0.5, 0.6) is 0 Å². The van der Waals surface area contributed by atoms with Gasteiger partial charge in [0.2, 0.25) is 0 Å². The highest BCUT2D eigenvalue weighted by Crippen LogP contribution is 2.26. The normalized spacial score (nSPS) is 41.6. The summed E-state index contributed by atoms with van der Waals surface area (Å²) in [5.74, 6) is 1.46. The Morgan fingerprint density at radius 1 is 1.21 bits per heavy atom. The zero-order valence-corrected chi connectivity index (χ0v) is 9.52. The van der Waals surface area contributed by atoms with Crippen LogP contribution in [0.4, 0.5) is 0 Å². The molecule has 1 aliphatic carbocycles. The van der Waals surface area contributed by atoms with Crippen molar-refractivity contribution in [2.75, 3.05) is 11.5 Å². The lowest BCUT2D eigenvalue weighted by Crippen LogP contribution is -2.40. The molecule has 0 aromatic rings. The predicted octanol–water partition coefficient (Wildman–Crippen LogP) is 0.952. The Morgan fingerprint density at radius 3 is 2.50 bits per heavy atom. The first-order valence-electron chi connectivity index (χ1n) is 5.53. The molecule has 0 radical (unpaired) electrons. The van der Waals surface area contributed by atoms with Crippen molar-refractivity contribution in [2.24, 2.45) is 5.92 Å². The van der Waals surface area contributed by atoms with Crippen molar-refractivity contribution in [3.8, 4) is 0 Å². The fraction of sp³-hybridized carbons (Fsp3) is 1.00. The van der Waals surface area contributed by atoms with Gasteiger partial charge in [-0.1, -0.05) is 13.3 Å². The number of rotatable bonds is 2. The highest BCUT2D eigenvalue weighted by atomic mass is 32.2. The van der Waals surface area contributed by atoms with Gasteiger partial charge in [-0.2, -0.15) is 0 Å². The minimum atomic E-state index is -2.72.